The summed E-state index contributed by atoms with van der Waals surface area (Å²) in [6.07, 6.45) is 2.72. The van der Waals surface area contributed by atoms with Crippen molar-refractivity contribution in [2.75, 3.05) is 6.54 Å². The van der Waals surface area contributed by atoms with Gasteiger partial charge in [0, 0.05) is 12.2 Å². The van der Waals surface area contributed by atoms with E-state index in [1.807, 2.05) is 30.3 Å². The lowest BCUT2D eigenvalue weighted by Gasteiger charge is -2.15. The quantitative estimate of drug-likeness (QED) is 0.804. The number of aliphatic hydroxyl groups is 1. The minimum atomic E-state index is 0.0804. The third-order valence-electron chi connectivity index (χ3n) is 3.29. The van der Waals surface area contributed by atoms with Gasteiger partial charge in [0.2, 0.25) is 0 Å². The number of hydrogen-bond acceptors (Lipinski definition) is 3. The molecule has 0 aliphatic carbocycles. The molecule has 0 amide bonds. The maximum Gasteiger partial charge on any atom is 0.129 e. The molecule has 0 bridgehead atoms. The molecule has 2 rings (SSSR count). The first-order valence-corrected chi connectivity index (χ1v) is 7.10. The number of nitrogens with zero attached hydrogens (tertiary/aromatic N) is 1. The van der Waals surface area contributed by atoms with Gasteiger partial charge in [-0.2, -0.15) is 0 Å². The summed E-state index contributed by atoms with van der Waals surface area (Å²) in [6, 6.07) is 12.1. The molecule has 1 atom stereocenters. The number of aromatic nitrogens is 1. The highest BCUT2D eigenvalue weighted by Crippen LogP contribution is 2.14. The van der Waals surface area contributed by atoms with Crippen molar-refractivity contribution in [3.63, 3.8) is 0 Å². The number of hydrogen-bond donors (Lipinski definition) is 2. The van der Waals surface area contributed by atoms with E-state index in [0.717, 1.165) is 18.5 Å². The maximum atomic E-state index is 9.15. The number of benzene rings is 1. The molecular weight excluding hydrogens is 272 g/mol. The van der Waals surface area contributed by atoms with E-state index in [4.69, 9.17) is 16.7 Å². The molecule has 106 valence electrons. The molecule has 0 aliphatic rings. The third-order valence-corrected chi connectivity index (χ3v) is 3.51. The Morgan fingerprint density at radius 3 is 2.80 bits per heavy atom. The van der Waals surface area contributed by atoms with Gasteiger partial charge in [0.25, 0.3) is 0 Å². The molecule has 0 radical (unpaired) electrons. The van der Waals surface area contributed by atoms with Crippen LogP contribution in [0.25, 0.3) is 0 Å². The van der Waals surface area contributed by atoms with Crippen LogP contribution in [0.2, 0.25) is 5.15 Å². The smallest absolute Gasteiger partial charge is 0.129 e. The van der Waals surface area contributed by atoms with E-state index in [9.17, 15) is 0 Å². The van der Waals surface area contributed by atoms with Gasteiger partial charge in [-0.3, -0.25) is 0 Å². The number of aliphatic hydroxyl groups excluding tert-OH is 1. The van der Waals surface area contributed by atoms with E-state index < -0.39 is 0 Å². The second-order valence-electron chi connectivity index (χ2n) is 4.82. The van der Waals surface area contributed by atoms with Gasteiger partial charge in [-0.05, 0) is 42.6 Å². The third kappa shape index (κ3) is 4.30. The predicted octanol–water partition coefficient (Wildman–Crippen LogP) is 3.12. The van der Waals surface area contributed by atoms with Crippen LogP contribution in [0.15, 0.2) is 42.6 Å². The number of nitrogens with one attached hydrogen (secondary N) is 1. The Labute approximate surface area is 124 Å². The van der Waals surface area contributed by atoms with E-state index in [2.05, 4.69) is 23.3 Å². The normalized spacial score (nSPS) is 12.3. The summed E-state index contributed by atoms with van der Waals surface area (Å²) < 4.78 is 0. The summed E-state index contributed by atoms with van der Waals surface area (Å²) >= 11 is 5.76. The molecule has 0 saturated carbocycles. The zero-order chi connectivity index (χ0) is 14.4. The Balaban J connectivity index is 1.85. The van der Waals surface area contributed by atoms with Crippen LogP contribution in [0, 0.1) is 0 Å². The van der Waals surface area contributed by atoms with Crippen LogP contribution in [0.3, 0.4) is 0 Å². The Morgan fingerprint density at radius 1 is 1.25 bits per heavy atom. The zero-order valence-electron chi connectivity index (χ0n) is 11.5. The number of halogens is 1. The fraction of sp³-hybridized carbons (Fsp3) is 0.312. The highest BCUT2D eigenvalue weighted by atomic mass is 35.5. The molecule has 1 heterocycles. The van der Waals surface area contributed by atoms with Gasteiger partial charge in [0.15, 0.2) is 0 Å². The summed E-state index contributed by atoms with van der Waals surface area (Å²) in [7, 11) is 0. The summed E-state index contributed by atoms with van der Waals surface area (Å²) in [5.41, 5.74) is 3.29. The first-order valence-electron chi connectivity index (χ1n) is 6.72. The van der Waals surface area contributed by atoms with E-state index in [1.54, 1.807) is 6.20 Å². The molecule has 1 aromatic heterocycles. The minimum absolute atomic E-state index is 0.0804. The second kappa shape index (κ2) is 7.39. The van der Waals surface area contributed by atoms with Gasteiger partial charge in [-0.1, -0.05) is 41.9 Å². The molecule has 1 unspecified atom stereocenters. The van der Waals surface area contributed by atoms with Crippen molar-refractivity contribution in [3.05, 3.63) is 64.4 Å². The van der Waals surface area contributed by atoms with E-state index in [1.165, 1.54) is 11.1 Å². The number of pyridine rings is 1. The molecule has 2 aromatic rings. The Kier molecular flexibility index (Phi) is 5.53. The van der Waals surface area contributed by atoms with Crippen LogP contribution in [0.1, 0.15) is 29.7 Å². The Hall–Kier alpha value is -1.42. The average Bonchev–Trinajstić information content (AvgIpc) is 2.49. The van der Waals surface area contributed by atoms with Crippen molar-refractivity contribution in [2.45, 2.75) is 26.0 Å². The van der Waals surface area contributed by atoms with Crippen molar-refractivity contribution in [3.8, 4) is 0 Å². The van der Waals surface area contributed by atoms with E-state index in [0.29, 0.717) is 5.15 Å². The van der Waals surface area contributed by atoms with Crippen molar-refractivity contribution >= 4 is 11.6 Å². The molecule has 0 aliphatic heterocycles. The van der Waals surface area contributed by atoms with Gasteiger partial charge in [0.1, 0.15) is 5.15 Å². The number of rotatable bonds is 6. The fourth-order valence-corrected chi connectivity index (χ4v) is 2.18. The van der Waals surface area contributed by atoms with Gasteiger partial charge >= 0.3 is 0 Å². The summed E-state index contributed by atoms with van der Waals surface area (Å²) in [5.74, 6) is 0. The van der Waals surface area contributed by atoms with Crippen LogP contribution in [0.5, 0.6) is 0 Å². The van der Waals surface area contributed by atoms with E-state index in [-0.39, 0.29) is 12.6 Å². The van der Waals surface area contributed by atoms with Crippen LogP contribution in [-0.2, 0) is 13.0 Å². The molecule has 1 aromatic carbocycles. The maximum absolute atomic E-state index is 9.15. The highest BCUT2D eigenvalue weighted by molar-refractivity contribution is 6.29. The zero-order valence-corrected chi connectivity index (χ0v) is 12.3. The molecular formula is C16H19ClN2O. The van der Waals surface area contributed by atoms with Crippen LogP contribution in [-0.4, -0.2) is 16.6 Å². The lowest BCUT2D eigenvalue weighted by atomic mass is 10.1. The van der Waals surface area contributed by atoms with Crippen molar-refractivity contribution < 1.29 is 5.11 Å². The Bertz CT molecular complexity index is 542. The molecule has 0 fully saturated rings. The van der Waals surface area contributed by atoms with Gasteiger partial charge < -0.3 is 10.4 Å². The first-order chi connectivity index (χ1) is 9.69. The average molecular weight is 291 g/mol. The molecule has 20 heavy (non-hydrogen) atoms. The lowest BCUT2D eigenvalue weighted by Crippen LogP contribution is -2.21. The topological polar surface area (TPSA) is 45.2 Å². The molecule has 0 saturated heterocycles. The van der Waals surface area contributed by atoms with Crippen molar-refractivity contribution in [1.29, 1.82) is 0 Å². The van der Waals surface area contributed by atoms with Gasteiger partial charge in [-0.15, -0.1) is 0 Å². The van der Waals surface area contributed by atoms with Crippen LogP contribution >= 0.6 is 11.6 Å². The molecule has 4 heteroatoms. The van der Waals surface area contributed by atoms with Gasteiger partial charge in [0.05, 0.1) is 6.61 Å². The Morgan fingerprint density at radius 2 is 2.10 bits per heavy atom. The predicted molar refractivity (Wildman–Crippen MR) is 81.7 cm³/mol. The van der Waals surface area contributed by atoms with Crippen LogP contribution in [0.4, 0.5) is 0 Å². The van der Waals surface area contributed by atoms with Gasteiger partial charge in [-0.25, -0.2) is 4.98 Å². The molecule has 3 nitrogen and oxygen atoms in total. The van der Waals surface area contributed by atoms with Crippen molar-refractivity contribution in [1.82, 2.24) is 10.3 Å². The SMILES string of the molecule is CC(NCCc1ccc(Cl)nc1)c1cccc(CO)c1. The summed E-state index contributed by atoms with van der Waals surface area (Å²) in [6.45, 7) is 3.07. The standard InChI is InChI=1S/C16H19ClN2O/c1-12(15-4-2-3-14(9-15)11-20)18-8-7-13-5-6-16(17)19-10-13/h2-6,9-10,12,18,20H,7-8,11H2,1H3. The summed E-state index contributed by atoms with van der Waals surface area (Å²) in [4.78, 5) is 4.07. The summed E-state index contributed by atoms with van der Waals surface area (Å²) in [5, 5.41) is 13.1. The second-order valence-corrected chi connectivity index (χ2v) is 5.21. The monoisotopic (exact) mass is 290 g/mol. The first kappa shape index (κ1) is 15.0. The molecule has 0 spiro atoms. The largest absolute Gasteiger partial charge is 0.392 e. The van der Waals surface area contributed by atoms with E-state index >= 15 is 0 Å². The fourth-order valence-electron chi connectivity index (χ4n) is 2.07. The lowest BCUT2D eigenvalue weighted by molar-refractivity contribution is 0.281. The van der Waals surface area contributed by atoms with Crippen molar-refractivity contribution in [2.24, 2.45) is 0 Å². The highest BCUT2D eigenvalue weighted by Gasteiger charge is 2.05. The minimum Gasteiger partial charge on any atom is -0.392 e. The molecule has 2 N–H and O–H groups in total. The van der Waals surface area contributed by atoms with Crippen LogP contribution < -0.4 is 5.32 Å².